The van der Waals surface area contributed by atoms with Gasteiger partial charge in [-0.25, -0.2) is 9.37 Å². The molecule has 1 aromatic heterocycles. The van der Waals surface area contributed by atoms with Crippen molar-refractivity contribution >= 4 is 26.7 Å². The fourth-order valence-electron chi connectivity index (χ4n) is 2.56. The van der Waals surface area contributed by atoms with Gasteiger partial charge in [0.25, 0.3) is 0 Å². The van der Waals surface area contributed by atoms with Gasteiger partial charge in [0.1, 0.15) is 5.82 Å². The summed E-state index contributed by atoms with van der Waals surface area (Å²) in [6, 6.07) is 2.06. The van der Waals surface area contributed by atoms with Crippen LogP contribution in [0.5, 0.6) is 0 Å². The largest absolute Gasteiger partial charge is 0.419 e. The van der Waals surface area contributed by atoms with Crippen LogP contribution in [-0.2, 0) is 6.18 Å². The second-order valence-electron chi connectivity index (χ2n) is 5.30. The highest BCUT2D eigenvalue weighted by atomic mass is 32.1. The zero-order chi connectivity index (χ0) is 15.9. The average molecular weight is 333 g/mol. The number of benzene rings is 1. The summed E-state index contributed by atoms with van der Waals surface area (Å²) in [5, 5.41) is 4.01. The Morgan fingerprint density at radius 3 is 2.86 bits per heavy atom. The molecule has 1 N–H and O–H groups in total. The van der Waals surface area contributed by atoms with Crippen LogP contribution in [0.3, 0.4) is 0 Å². The molecule has 0 saturated carbocycles. The normalized spacial score (nSPS) is 19.9. The number of aromatic nitrogens is 1. The molecule has 3 nitrogen and oxygen atoms in total. The van der Waals surface area contributed by atoms with Crippen molar-refractivity contribution in [3.05, 3.63) is 23.5 Å². The highest BCUT2D eigenvalue weighted by Gasteiger charge is 2.35. The Hall–Kier alpha value is -1.41. The van der Waals surface area contributed by atoms with Crippen molar-refractivity contribution in [1.29, 1.82) is 0 Å². The van der Waals surface area contributed by atoms with Gasteiger partial charge in [0.05, 0.1) is 15.8 Å². The van der Waals surface area contributed by atoms with E-state index in [0.717, 1.165) is 38.2 Å². The van der Waals surface area contributed by atoms with Crippen molar-refractivity contribution < 1.29 is 17.6 Å². The summed E-state index contributed by atoms with van der Waals surface area (Å²) < 4.78 is 52.2. The molecule has 1 aromatic carbocycles. The lowest BCUT2D eigenvalue weighted by atomic mass is 10.2. The predicted molar refractivity (Wildman–Crippen MR) is 78.9 cm³/mol. The second kappa shape index (κ2) is 5.66. The van der Waals surface area contributed by atoms with Crippen LogP contribution in [-0.4, -0.2) is 30.7 Å². The van der Waals surface area contributed by atoms with Gasteiger partial charge in [-0.05, 0) is 12.5 Å². The molecular weight excluding hydrogens is 318 g/mol. The molecule has 2 aromatic rings. The first-order valence-corrected chi connectivity index (χ1v) is 7.85. The quantitative estimate of drug-likeness (QED) is 0.851. The minimum atomic E-state index is -4.69. The first-order chi connectivity index (χ1) is 10.4. The molecule has 1 atom stereocenters. The summed E-state index contributed by atoms with van der Waals surface area (Å²) in [7, 11) is 0. The van der Waals surface area contributed by atoms with Gasteiger partial charge in [0, 0.05) is 31.7 Å². The van der Waals surface area contributed by atoms with Crippen LogP contribution >= 0.6 is 11.3 Å². The van der Waals surface area contributed by atoms with Crippen LogP contribution in [0, 0.1) is 5.82 Å². The Morgan fingerprint density at radius 1 is 1.41 bits per heavy atom. The number of fused-ring (bicyclic) bond motifs is 1. The summed E-state index contributed by atoms with van der Waals surface area (Å²) in [5.41, 5.74) is -0.959. The van der Waals surface area contributed by atoms with Gasteiger partial charge in [-0.1, -0.05) is 18.3 Å². The molecule has 2 heterocycles. The summed E-state index contributed by atoms with van der Waals surface area (Å²) >= 11 is 1.18. The van der Waals surface area contributed by atoms with Gasteiger partial charge in [0.2, 0.25) is 0 Å². The van der Waals surface area contributed by atoms with Gasteiger partial charge >= 0.3 is 6.18 Å². The Bertz CT molecular complexity index is 683. The van der Waals surface area contributed by atoms with E-state index in [0.29, 0.717) is 15.9 Å². The van der Waals surface area contributed by atoms with Crippen LogP contribution in [0.2, 0.25) is 0 Å². The van der Waals surface area contributed by atoms with Crippen molar-refractivity contribution in [2.24, 2.45) is 0 Å². The van der Waals surface area contributed by atoms with E-state index in [2.05, 4.69) is 17.2 Å². The zero-order valence-electron chi connectivity index (χ0n) is 11.9. The minimum Gasteiger partial charge on any atom is -0.345 e. The molecule has 0 spiro atoms. The minimum absolute atomic E-state index is 0.275. The van der Waals surface area contributed by atoms with Gasteiger partial charge in [-0.3, -0.25) is 0 Å². The number of hydrogen-bond donors (Lipinski definition) is 1. The maximum atomic E-state index is 13.6. The lowest BCUT2D eigenvalue weighted by molar-refractivity contribution is -0.139. The van der Waals surface area contributed by atoms with Crippen LogP contribution in [0.15, 0.2) is 12.1 Å². The van der Waals surface area contributed by atoms with Crippen LogP contribution in [0.4, 0.5) is 22.7 Å². The van der Waals surface area contributed by atoms with Gasteiger partial charge in [-0.15, -0.1) is 0 Å². The lowest BCUT2D eigenvalue weighted by Crippen LogP contribution is -2.50. The Labute approximate surface area is 128 Å². The number of anilines is 1. The van der Waals surface area contributed by atoms with E-state index in [1.165, 1.54) is 11.3 Å². The zero-order valence-corrected chi connectivity index (χ0v) is 12.7. The molecule has 0 aliphatic carbocycles. The molecule has 0 amide bonds. The van der Waals surface area contributed by atoms with Crippen LogP contribution in [0.25, 0.3) is 10.2 Å². The Balaban J connectivity index is 1.96. The van der Waals surface area contributed by atoms with Crippen LogP contribution in [0.1, 0.15) is 18.9 Å². The summed E-state index contributed by atoms with van der Waals surface area (Å²) in [5.74, 6) is -1.27. The highest BCUT2D eigenvalue weighted by molar-refractivity contribution is 7.22. The second-order valence-corrected chi connectivity index (χ2v) is 6.31. The number of piperazine rings is 1. The van der Waals surface area contributed by atoms with Crippen molar-refractivity contribution in [3.8, 4) is 0 Å². The predicted octanol–water partition coefficient (Wildman–Crippen LogP) is 3.64. The Kier molecular flexibility index (Phi) is 3.98. The van der Waals surface area contributed by atoms with Gasteiger partial charge in [0.15, 0.2) is 5.13 Å². The third kappa shape index (κ3) is 2.89. The number of nitrogens with zero attached hydrogens (tertiary/aromatic N) is 2. The first kappa shape index (κ1) is 15.5. The van der Waals surface area contributed by atoms with E-state index >= 15 is 0 Å². The fourth-order valence-corrected chi connectivity index (χ4v) is 3.58. The molecule has 1 saturated heterocycles. The molecule has 0 bridgehead atoms. The van der Waals surface area contributed by atoms with E-state index < -0.39 is 17.6 Å². The SMILES string of the molecule is CC[C@@H]1CN(c2nc3cc(F)c(C(F)(F)F)cc3s2)CCN1. The topological polar surface area (TPSA) is 28.2 Å². The highest BCUT2D eigenvalue weighted by Crippen LogP contribution is 2.37. The van der Waals surface area contributed by atoms with Gasteiger partial charge in [-0.2, -0.15) is 13.2 Å². The van der Waals surface area contributed by atoms with Crippen molar-refractivity contribution in [2.45, 2.75) is 25.6 Å². The molecule has 1 aliphatic rings. The summed E-state index contributed by atoms with van der Waals surface area (Å²) in [6.45, 7) is 4.37. The molecule has 8 heteroatoms. The standard InChI is InChI=1S/C14H15F4N3S/c1-2-8-7-21(4-3-19-8)13-20-11-6-10(15)9(14(16,17)18)5-12(11)22-13/h5-6,8,19H,2-4,7H2,1H3/t8-/m1/s1. The van der Waals surface area contributed by atoms with E-state index in [1.54, 1.807) is 0 Å². The molecule has 22 heavy (non-hydrogen) atoms. The maximum Gasteiger partial charge on any atom is 0.419 e. The number of halogens is 4. The first-order valence-electron chi connectivity index (χ1n) is 7.04. The van der Waals surface area contributed by atoms with Crippen molar-refractivity contribution in [1.82, 2.24) is 10.3 Å². The molecule has 3 rings (SSSR count). The van der Waals surface area contributed by atoms with E-state index in [9.17, 15) is 17.6 Å². The molecule has 120 valence electrons. The molecule has 0 unspecified atom stereocenters. The molecular formula is C14H15F4N3S. The average Bonchev–Trinajstić information content (AvgIpc) is 2.88. The summed E-state index contributed by atoms with van der Waals surface area (Å²) in [4.78, 5) is 6.34. The Morgan fingerprint density at radius 2 is 2.18 bits per heavy atom. The monoisotopic (exact) mass is 333 g/mol. The molecule has 1 fully saturated rings. The third-order valence-electron chi connectivity index (χ3n) is 3.79. The fraction of sp³-hybridized carbons (Fsp3) is 0.500. The van der Waals surface area contributed by atoms with Crippen molar-refractivity contribution in [2.75, 3.05) is 24.5 Å². The molecule has 1 aliphatic heterocycles. The van der Waals surface area contributed by atoms with Gasteiger partial charge < -0.3 is 10.2 Å². The maximum absolute atomic E-state index is 13.6. The van der Waals surface area contributed by atoms with E-state index in [4.69, 9.17) is 0 Å². The third-order valence-corrected chi connectivity index (χ3v) is 4.87. The van der Waals surface area contributed by atoms with E-state index in [1.807, 2.05) is 4.90 Å². The van der Waals surface area contributed by atoms with Crippen LogP contribution < -0.4 is 10.2 Å². The number of hydrogen-bond acceptors (Lipinski definition) is 4. The number of alkyl halides is 3. The van der Waals surface area contributed by atoms with E-state index in [-0.39, 0.29) is 5.52 Å². The summed E-state index contributed by atoms with van der Waals surface area (Å²) in [6.07, 6.45) is -3.72. The lowest BCUT2D eigenvalue weighted by Gasteiger charge is -2.32. The number of rotatable bonds is 2. The van der Waals surface area contributed by atoms with Crippen molar-refractivity contribution in [3.63, 3.8) is 0 Å². The smallest absolute Gasteiger partial charge is 0.345 e. The number of nitrogens with one attached hydrogen (secondary N) is 1. The molecule has 0 radical (unpaired) electrons. The number of thiazole rings is 1.